The van der Waals surface area contributed by atoms with Crippen LogP contribution in [0, 0.1) is 0 Å². The molecule has 0 saturated heterocycles. The van der Waals surface area contributed by atoms with E-state index >= 15 is 0 Å². The number of pyridine rings is 1. The number of halogens is 1. The van der Waals surface area contributed by atoms with Gasteiger partial charge in [-0.25, -0.2) is 0 Å². The Morgan fingerprint density at radius 1 is 1.10 bits per heavy atom. The van der Waals surface area contributed by atoms with Crippen molar-refractivity contribution < 1.29 is 4.43 Å². The first-order valence-electron chi connectivity index (χ1n) is 7.28. The Hall–Kier alpha value is -0.803. The number of aromatic nitrogens is 1. The van der Waals surface area contributed by atoms with E-state index in [0.717, 1.165) is 5.69 Å². The molecule has 0 saturated carbocycles. The van der Waals surface area contributed by atoms with E-state index in [9.17, 15) is 0 Å². The van der Waals surface area contributed by atoms with Gasteiger partial charge in [-0.2, -0.15) is 0 Å². The van der Waals surface area contributed by atoms with Crippen LogP contribution >= 0.6 is 11.6 Å². The van der Waals surface area contributed by atoms with Gasteiger partial charge in [-0.1, -0.05) is 47.6 Å². The molecule has 0 atom stereocenters. The van der Waals surface area contributed by atoms with E-state index in [1.54, 1.807) is 6.20 Å². The lowest BCUT2D eigenvalue weighted by molar-refractivity contribution is 0.404. The summed E-state index contributed by atoms with van der Waals surface area (Å²) in [6.07, 6.45) is 3.57. The lowest BCUT2D eigenvalue weighted by atomic mass is 10.3. The third-order valence-corrected chi connectivity index (χ3v) is 10.2. The van der Waals surface area contributed by atoms with Crippen molar-refractivity contribution in [2.45, 2.75) is 58.2 Å². The van der Waals surface area contributed by atoms with Gasteiger partial charge in [0.15, 0.2) is 5.22 Å². The molecule has 1 heterocycles. The van der Waals surface area contributed by atoms with Crippen molar-refractivity contribution in [3.05, 3.63) is 35.3 Å². The zero-order valence-corrected chi connectivity index (χ0v) is 15.1. The molecule has 0 spiro atoms. The molecule has 0 aliphatic carbocycles. The monoisotopic (exact) mass is 311 g/mol. The molecule has 0 amide bonds. The number of hydrogen-bond acceptors (Lipinski definition) is 2. The van der Waals surface area contributed by atoms with Gasteiger partial charge in [0.1, 0.15) is 0 Å². The molecule has 0 fully saturated rings. The molecule has 4 heteroatoms. The van der Waals surface area contributed by atoms with E-state index in [4.69, 9.17) is 16.0 Å². The summed E-state index contributed by atoms with van der Waals surface area (Å²) < 4.78 is 6.35. The standard InChI is InChI=1S/C16H26ClNOSi/c1-12(2)20(13(3)4,14(5)6)19-16(17)11-15-9-7-8-10-18-15/h7-14H,1-6H3. The molecule has 0 unspecified atom stereocenters. The summed E-state index contributed by atoms with van der Waals surface area (Å²) in [4.78, 5) is 4.26. The van der Waals surface area contributed by atoms with Crippen molar-refractivity contribution >= 4 is 26.0 Å². The first kappa shape index (κ1) is 17.2. The van der Waals surface area contributed by atoms with Gasteiger partial charge in [-0.05, 0) is 40.4 Å². The maximum atomic E-state index is 6.37. The maximum absolute atomic E-state index is 6.37. The molecule has 0 aliphatic heterocycles. The lowest BCUT2D eigenvalue weighted by Crippen LogP contribution is -2.47. The van der Waals surface area contributed by atoms with Crippen molar-refractivity contribution in [2.75, 3.05) is 0 Å². The summed E-state index contributed by atoms with van der Waals surface area (Å²) >= 11 is 6.37. The van der Waals surface area contributed by atoms with Gasteiger partial charge >= 0.3 is 0 Å². The van der Waals surface area contributed by atoms with Crippen LogP contribution in [-0.4, -0.2) is 13.3 Å². The van der Waals surface area contributed by atoms with Gasteiger partial charge in [0.05, 0.1) is 5.69 Å². The van der Waals surface area contributed by atoms with Gasteiger partial charge in [0.25, 0.3) is 8.32 Å². The zero-order chi connectivity index (χ0) is 15.3. The Kier molecular flexibility index (Phi) is 6.27. The molecular formula is C16H26ClNOSi. The molecule has 1 aromatic rings. The lowest BCUT2D eigenvalue weighted by Gasteiger charge is -2.41. The summed E-state index contributed by atoms with van der Waals surface area (Å²) in [6, 6.07) is 5.76. The Morgan fingerprint density at radius 2 is 1.65 bits per heavy atom. The number of nitrogens with zero attached hydrogens (tertiary/aromatic N) is 1. The van der Waals surface area contributed by atoms with Crippen molar-refractivity contribution in [1.29, 1.82) is 0 Å². The molecule has 0 radical (unpaired) electrons. The molecule has 112 valence electrons. The first-order chi connectivity index (χ1) is 9.30. The third kappa shape index (κ3) is 3.86. The largest absolute Gasteiger partial charge is 0.535 e. The molecule has 1 rings (SSSR count). The van der Waals surface area contributed by atoms with E-state index in [2.05, 4.69) is 46.5 Å². The van der Waals surface area contributed by atoms with E-state index in [1.807, 2.05) is 24.3 Å². The molecule has 20 heavy (non-hydrogen) atoms. The summed E-state index contributed by atoms with van der Waals surface area (Å²) in [5.74, 6) is 0. The quantitative estimate of drug-likeness (QED) is 0.488. The second-order valence-electron chi connectivity index (χ2n) is 6.12. The maximum Gasteiger partial charge on any atom is 0.259 e. The van der Waals surface area contributed by atoms with Crippen LogP contribution in [0.15, 0.2) is 29.6 Å². The van der Waals surface area contributed by atoms with Gasteiger partial charge in [-0.3, -0.25) is 4.98 Å². The Bertz CT molecular complexity index is 421. The highest BCUT2D eigenvalue weighted by atomic mass is 35.5. The fourth-order valence-corrected chi connectivity index (χ4v) is 8.75. The van der Waals surface area contributed by atoms with E-state index in [1.165, 1.54) is 0 Å². The normalized spacial score (nSPS) is 13.4. The fraction of sp³-hybridized carbons (Fsp3) is 0.562. The predicted octanol–water partition coefficient (Wildman–Crippen LogP) is 5.81. The molecule has 0 aromatic carbocycles. The van der Waals surface area contributed by atoms with Crippen molar-refractivity contribution in [3.63, 3.8) is 0 Å². The molecule has 1 aromatic heterocycles. The zero-order valence-electron chi connectivity index (χ0n) is 13.4. The number of rotatable bonds is 6. The minimum Gasteiger partial charge on any atom is -0.535 e. The molecule has 0 aliphatic rings. The second-order valence-corrected chi connectivity index (χ2v) is 11.9. The third-order valence-electron chi connectivity index (χ3n) is 3.93. The van der Waals surface area contributed by atoms with Crippen LogP contribution in [0.4, 0.5) is 0 Å². The Labute approximate surface area is 129 Å². The van der Waals surface area contributed by atoms with Crippen LogP contribution in [0.3, 0.4) is 0 Å². The Balaban J connectivity index is 3.04. The minimum atomic E-state index is -1.97. The summed E-state index contributed by atoms with van der Waals surface area (Å²) in [5.41, 5.74) is 2.35. The van der Waals surface area contributed by atoms with Crippen LogP contribution in [-0.2, 0) is 4.43 Å². The van der Waals surface area contributed by atoms with Crippen LogP contribution in [0.2, 0.25) is 16.6 Å². The molecule has 0 N–H and O–H groups in total. The fourth-order valence-electron chi connectivity index (χ4n) is 3.13. The summed E-state index contributed by atoms with van der Waals surface area (Å²) in [5, 5.41) is 0.464. The van der Waals surface area contributed by atoms with Crippen molar-refractivity contribution in [3.8, 4) is 0 Å². The van der Waals surface area contributed by atoms with Crippen molar-refractivity contribution in [2.24, 2.45) is 0 Å². The van der Waals surface area contributed by atoms with E-state index in [0.29, 0.717) is 21.8 Å². The summed E-state index contributed by atoms with van der Waals surface area (Å²) in [6.45, 7) is 13.5. The molecular weight excluding hydrogens is 286 g/mol. The summed E-state index contributed by atoms with van der Waals surface area (Å²) in [7, 11) is -1.97. The predicted molar refractivity (Wildman–Crippen MR) is 90.2 cm³/mol. The average molecular weight is 312 g/mol. The van der Waals surface area contributed by atoms with Crippen LogP contribution < -0.4 is 0 Å². The minimum absolute atomic E-state index is 0.464. The average Bonchev–Trinajstić information content (AvgIpc) is 2.35. The van der Waals surface area contributed by atoms with Gasteiger partial charge in [0, 0.05) is 12.3 Å². The van der Waals surface area contributed by atoms with Crippen LogP contribution in [0.5, 0.6) is 0 Å². The van der Waals surface area contributed by atoms with E-state index in [-0.39, 0.29) is 0 Å². The highest BCUT2D eigenvalue weighted by Gasteiger charge is 2.47. The Morgan fingerprint density at radius 3 is 2.05 bits per heavy atom. The van der Waals surface area contributed by atoms with Gasteiger partial charge < -0.3 is 4.43 Å². The smallest absolute Gasteiger partial charge is 0.259 e. The number of hydrogen-bond donors (Lipinski definition) is 0. The SMILES string of the molecule is CC(C)[Si](OC(Cl)=Cc1ccccn1)(C(C)C)C(C)C. The van der Waals surface area contributed by atoms with Gasteiger partial charge in [-0.15, -0.1) is 0 Å². The molecule has 2 nitrogen and oxygen atoms in total. The van der Waals surface area contributed by atoms with Crippen LogP contribution in [0.25, 0.3) is 6.08 Å². The first-order valence-corrected chi connectivity index (χ1v) is 9.79. The highest BCUT2D eigenvalue weighted by molar-refractivity contribution is 6.78. The van der Waals surface area contributed by atoms with E-state index < -0.39 is 8.32 Å². The van der Waals surface area contributed by atoms with Crippen LogP contribution in [0.1, 0.15) is 47.2 Å². The van der Waals surface area contributed by atoms with Gasteiger partial charge in [0.2, 0.25) is 0 Å². The topological polar surface area (TPSA) is 22.1 Å². The highest BCUT2D eigenvalue weighted by Crippen LogP contribution is 2.44. The van der Waals surface area contributed by atoms with Crippen molar-refractivity contribution in [1.82, 2.24) is 4.98 Å². The second kappa shape index (κ2) is 7.28. The molecule has 0 bridgehead atoms.